The maximum Gasteiger partial charge on any atom is 0.163 e. The van der Waals surface area contributed by atoms with Crippen LogP contribution in [0.4, 0.5) is 0 Å². The van der Waals surface area contributed by atoms with E-state index in [2.05, 4.69) is 41.1 Å². The van der Waals surface area contributed by atoms with Gasteiger partial charge in [0, 0.05) is 6.42 Å². The summed E-state index contributed by atoms with van der Waals surface area (Å²) in [5.74, 6) is 1.19. The van der Waals surface area contributed by atoms with Gasteiger partial charge in [0.15, 0.2) is 5.82 Å². The van der Waals surface area contributed by atoms with Crippen LogP contribution in [-0.2, 0) is 4.79 Å². The molecule has 0 aliphatic rings. The van der Waals surface area contributed by atoms with Crippen LogP contribution in [0, 0.1) is 6.92 Å². The first-order valence-corrected chi connectivity index (χ1v) is 4.76. The van der Waals surface area contributed by atoms with Gasteiger partial charge in [-0.15, -0.1) is 22.8 Å². The van der Waals surface area contributed by atoms with E-state index in [1.807, 2.05) is 0 Å². The molecule has 0 N–H and O–H groups in total. The second-order valence-corrected chi connectivity index (χ2v) is 3.47. The van der Waals surface area contributed by atoms with Crippen molar-refractivity contribution >= 4 is 30.7 Å². The minimum atomic E-state index is -0.396. The molecule has 0 amide bonds. The van der Waals surface area contributed by atoms with Crippen LogP contribution < -0.4 is 0 Å². The standard InChI is InChI=1S/C9H12N4OS/c1-6-11-12-9(13(6)7(2)15)8(10-3)4-5-14/h5,8,15H,2-4H2,1H3/t8-/m0/s1. The Bertz CT molecular complexity index is 399. The Morgan fingerprint density at radius 2 is 2.40 bits per heavy atom. The first kappa shape index (κ1) is 11.6. The van der Waals surface area contributed by atoms with Gasteiger partial charge in [-0.25, -0.2) is 0 Å². The fourth-order valence-electron chi connectivity index (χ4n) is 1.27. The average Bonchev–Trinajstić information content (AvgIpc) is 2.56. The number of hydrogen-bond donors (Lipinski definition) is 1. The highest BCUT2D eigenvalue weighted by atomic mass is 32.1. The number of rotatable bonds is 5. The molecule has 6 heteroatoms. The van der Waals surface area contributed by atoms with Gasteiger partial charge in [0.2, 0.25) is 0 Å². The zero-order valence-electron chi connectivity index (χ0n) is 8.42. The predicted molar refractivity (Wildman–Crippen MR) is 62.0 cm³/mol. The van der Waals surface area contributed by atoms with Gasteiger partial charge in [-0.3, -0.25) is 9.56 Å². The summed E-state index contributed by atoms with van der Waals surface area (Å²) in [4.78, 5) is 14.3. The van der Waals surface area contributed by atoms with Crippen molar-refractivity contribution in [2.45, 2.75) is 19.4 Å². The van der Waals surface area contributed by atoms with E-state index in [1.165, 1.54) is 0 Å². The SMILES string of the molecule is C=N[C@@H](CC=O)c1nnc(C)n1C(=C)S. The minimum absolute atomic E-state index is 0.225. The van der Waals surface area contributed by atoms with Crippen LogP contribution in [0.2, 0.25) is 0 Å². The van der Waals surface area contributed by atoms with Crippen molar-refractivity contribution in [3.05, 3.63) is 18.2 Å². The highest BCUT2D eigenvalue weighted by Gasteiger charge is 2.18. The van der Waals surface area contributed by atoms with Gasteiger partial charge < -0.3 is 4.79 Å². The Balaban J connectivity index is 3.17. The van der Waals surface area contributed by atoms with Gasteiger partial charge in [-0.1, -0.05) is 6.58 Å². The largest absolute Gasteiger partial charge is 0.303 e. The van der Waals surface area contributed by atoms with E-state index in [0.717, 1.165) is 6.29 Å². The Hall–Kier alpha value is -1.43. The lowest BCUT2D eigenvalue weighted by molar-refractivity contribution is -0.108. The first-order chi connectivity index (χ1) is 7.11. The van der Waals surface area contributed by atoms with Crippen LogP contribution in [-0.4, -0.2) is 27.8 Å². The summed E-state index contributed by atoms with van der Waals surface area (Å²) in [6, 6.07) is -0.396. The Morgan fingerprint density at radius 3 is 2.87 bits per heavy atom. The van der Waals surface area contributed by atoms with E-state index in [4.69, 9.17) is 0 Å². The van der Waals surface area contributed by atoms with Crippen molar-refractivity contribution in [1.82, 2.24) is 14.8 Å². The highest BCUT2D eigenvalue weighted by molar-refractivity contribution is 7.90. The zero-order valence-corrected chi connectivity index (χ0v) is 9.31. The minimum Gasteiger partial charge on any atom is -0.303 e. The molecule has 0 aliphatic heterocycles. The van der Waals surface area contributed by atoms with Crippen molar-refractivity contribution in [1.29, 1.82) is 0 Å². The maximum absolute atomic E-state index is 10.4. The van der Waals surface area contributed by atoms with E-state index >= 15 is 0 Å². The van der Waals surface area contributed by atoms with Crippen LogP contribution in [0.1, 0.15) is 24.1 Å². The molecule has 1 heterocycles. The Labute approximate surface area is 93.3 Å². The van der Waals surface area contributed by atoms with Crippen molar-refractivity contribution in [3.8, 4) is 0 Å². The number of hydrogen-bond acceptors (Lipinski definition) is 5. The third-order valence-corrected chi connectivity index (χ3v) is 2.15. The average molecular weight is 224 g/mol. The molecule has 0 fully saturated rings. The molecule has 0 bridgehead atoms. The molecule has 5 nitrogen and oxygen atoms in total. The van der Waals surface area contributed by atoms with Crippen LogP contribution in [0.25, 0.3) is 5.03 Å². The van der Waals surface area contributed by atoms with Gasteiger partial charge in [0.05, 0.1) is 5.03 Å². The van der Waals surface area contributed by atoms with E-state index < -0.39 is 6.04 Å². The maximum atomic E-state index is 10.4. The molecule has 15 heavy (non-hydrogen) atoms. The monoisotopic (exact) mass is 224 g/mol. The molecule has 1 atom stereocenters. The fourth-order valence-corrected chi connectivity index (χ4v) is 1.51. The third-order valence-electron chi connectivity index (χ3n) is 1.95. The first-order valence-electron chi connectivity index (χ1n) is 4.31. The molecule has 0 aromatic carbocycles. The summed E-state index contributed by atoms with van der Waals surface area (Å²) in [6.07, 6.45) is 0.998. The number of nitrogens with zero attached hydrogens (tertiary/aromatic N) is 4. The lowest BCUT2D eigenvalue weighted by Gasteiger charge is -2.10. The predicted octanol–water partition coefficient (Wildman–Crippen LogP) is 1.28. The topological polar surface area (TPSA) is 60.1 Å². The number of aromatic nitrogens is 3. The van der Waals surface area contributed by atoms with E-state index in [9.17, 15) is 4.79 Å². The summed E-state index contributed by atoms with van der Waals surface area (Å²) in [5, 5.41) is 8.32. The molecule has 0 spiro atoms. The van der Waals surface area contributed by atoms with Crippen molar-refractivity contribution in [2.24, 2.45) is 4.99 Å². The molecule has 0 aliphatic carbocycles. The molecule has 0 saturated heterocycles. The summed E-state index contributed by atoms with van der Waals surface area (Å²) in [7, 11) is 0. The van der Waals surface area contributed by atoms with Gasteiger partial charge in [0.25, 0.3) is 0 Å². The molecule has 0 saturated carbocycles. The van der Waals surface area contributed by atoms with Crippen LogP contribution in [0.3, 0.4) is 0 Å². The lowest BCUT2D eigenvalue weighted by Crippen LogP contribution is -2.06. The summed E-state index contributed by atoms with van der Waals surface area (Å²) < 4.78 is 1.64. The van der Waals surface area contributed by atoms with Gasteiger partial charge in [-0.05, 0) is 13.6 Å². The van der Waals surface area contributed by atoms with E-state index in [-0.39, 0.29) is 6.42 Å². The van der Waals surface area contributed by atoms with Crippen molar-refractivity contribution in [2.75, 3.05) is 0 Å². The number of aldehydes is 1. The van der Waals surface area contributed by atoms with E-state index in [1.54, 1.807) is 11.5 Å². The fraction of sp³-hybridized carbons (Fsp3) is 0.333. The molecule has 80 valence electrons. The zero-order chi connectivity index (χ0) is 11.4. The van der Waals surface area contributed by atoms with Gasteiger partial charge in [0.1, 0.15) is 18.2 Å². The number of carbonyl (C=O) groups excluding carboxylic acids is 1. The number of carbonyl (C=O) groups is 1. The van der Waals surface area contributed by atoms with Gasteiger partial charge in [-0.2, -0.15) is 0 Å². The van der Waals surface area contributed by atoms with Crippen LogP contribution >= 0.6 is 12.6 Å². The summed E-state index contributed by atoms with van der Waals surface area (Å²) in [6.45, 7) is 8.89. The lowest BCUT2D eigenvalue weighted by atomic mass is 10.2. The molecule has 1 rings (SSSR count). The van der Waals surface area contributed by atoms with Gasteiger partial charge >= 0.3 is 0 Å². The molecule has 0 radical (unpaired) electrons. The number of aryl methyl sites for hydroxylation is 1. The summed E-state index contributed by atoms with van der Waals surface area (Å²) in [5.41, 5.74) is 0. The van der Waals surface area contributed by atoms with Crippen LogP contribution in [0.5, 0.6) is 0 Å². The normalized spacial score (nSPS) is 12.1. The molecule has 1 aromatic rings. The van der Waals surface area contributed by atoms with Crippen LogP contribution in [0.15, 0.2) is 11.6 Å². The quantitative estimate of drug-likeness (QED) is 0.465. The Kier molecular flexibility index (Phi) is 3.79. The van der Waals surface area contributed by atoms with E-state index in [0.29, 0.717) is 16.7 Å². The second kappa shape index (κ2) is 4.88. The number of thiol groups is 1. The summed E-state index contributed by atoms with van der Waals surface area (Å²) >= 11 is 4.13. The third kappa shape index (κ3) is 2.33. The van der Waals surface area contributed by atoms with Crippen molar-refractivity contribution in [3.63, 3.8) is 0 Å². The van der Waals surface area contributed by atoms with Crippen molar-refractivity contribution < 1.29 is 4.79 Å². The molecule has 1 aromatic heterocycles. The molecular formula is C9H12N4OS. The second-order valence-electron chi connectivity index (χ2n) is 2.96. The Morgan fingerprint density at radius 1 is 1.73 bits per heavy atom. The number of aliphatic imine (C=N–C) groups is 1. The molecular weight excluding hydrogens is 212 g/mol. The smallest absolute Gasteiger partial charge is 0.163 e. The molecule has 0 unspecified atom stereocenters. The highest BCUT2D eigenvalue weighted by Crippen LogP contribution is 2.22.